The van der Waals surface area contributed by atoms with Crippen molar-refractivity contribution in [2.75, 3.05) is 12.9 Å². The van der Waals surface area contributed by atoms with E-state index in [0.717, 1.165) is 22.3 Å². The number of thioether (sulfide) groups is 1. The zero-order valence-electron chi connectivity index (χ0n) is 13.3. The van der Waals surface area contributed by atoms with Gasteiger partial charge in [0.2, 0.25) is 5.91 Å². The summed E-state index contributed by atoms with van der Waals surface area (Å²) in [6.45, 7) is 2.45. The van der Waals surface area contributed by atoms with Gasteiger partial charge >= 0.3 is 0 Å². The molecule has 1 aliphatic carbocycles. The van der Waals surface area contributed by atoms with Crippen LogP contribution in [0.5, 0.6) is 5.75 Å². The van der Waals surface area contributed by atoms with Crippen molar-refractivity contribution in [3.8, 4) is 5.75 Å². The Morgan fingerprint density at radius 2 is 2.26 bits per heavy atom. The molecule has 0 aliphatic heterocycles. The summed E-state index contributed by atoms with van der Waals surface area (Å²) in [6, 6.07) is 8.19. The number of benzene rings is 1. The predicted octanol–water partition coefficient (Wildman–Crippen LogP) is 2.34. The van der Waals surface area contributed by atoms with E-state index >= 15 is 0 Å². The van der Waals surface area contributed by atoms with Crippen molar-refractivity contribution in [3.63, 3.8) is 0 Å². The molecular formula is C16H20N4O2S. The summed E-state index contributed by atoms with van der Waals surface area (Å²) in [4.78, 5) is 12.0. The molecule has 0 saturated heterocycles. The summed E-state index contributed by atoms with van der Waals surface area (Å²) >= 11 is 1.44. The number of aryl methyl sites for hydroxylation is 1. The number of amides is 1. The Morgan fingerprint density at radius 3 is 3.00 bits per heavy atom. The van der Waals surface area contributed by atoms with E-state index in [1.165, 1.54) is 24.6 Å². The second-order valence-corrected chi connectivity index (χ2v) is 6.49. The first-order valence-electron chi connectivity index (χ1n) is 7.61. The van der Waals surface area contributed by atoms with Crippen LogP contribution in [-0.4, -0.2) is 33.5 Å². The summed E-state index contributed by atoms with van der Waals surface area (Å²) in [5, 5.41) is 12.0. The van der Waals surface area contributed by atoms with Gasteiger partial charge in [0, 0.05) is 12.6 Å². The summed E-state index contributed by atoms with van der Waals surface area (Å²) < 4.78 is 7.31. The van der Waals surface area contributed by atoms with E-state index < -0.39 is 0 Å². The third-order valence-electron chi connectivity index (χ3n) is 3.70. The molecule has 3 rings (SSSR count). The zero-order valence-corrected chi connectivity index (χ0v) is 14.1. The second-order valence-electron chi connectivity index (χ2n) is 5.55. The SMILES string of the molecule is COc1cccc(CNC(=O)CSc2nnc(C)n2C2CC2)c1. The quantitative estimate of drug-likeness (QED) is 0.788. The van der Waals surface area contributed by atoms with Gasteiger partial charge < -0.3 is 14.6 Å². The van der Waals surface area contributed by atoms with Crippen LogP contribution < -0.4 is 10.1 Å². The lowest BCUT2D eigenvalue weighted by Gasteiger charge is -2.08. The van der Waals surface area contributed by atoms with Crippen LogP contribution in [0.4, 0.5) is 0 Å². The Labute approximate surface area is 139 Å². The highest BCUT2D eigenvalue weighted by atomic mass is 32.2. The summed E-state index contributed by atoms with van der Waals surface area (Å²) in [5.41, 5.74) is 1.01. The summed E-state index contributed by atoms with van der Waals surface area (Å²) in [6.07, 6.45) is 2.35. The van der Waals surface area contributed by atoms with Crippen LogP contribution in [0, 0.1) is 6.92 Å². The van der Waals surface area contributed by atoms with E-state index in [1.54, 1.807) is 7.11 Å². The number of carbonyl (C=O) groups excluding carboxylic acids is 1. The molecule has 0 bridgehead atoms. The lowest BCUT2D eigenvalue weighted by Crippen LogP contribution is -2.24. The van der Waals surface area contributed by atoms with Crippen LogP contribution in [0.2, 0.25) is 0 Å². The minimum atomic E-state index is -0.0131. The highest BCUT2D eigenvalue weighted by Gasteiger charge is 2.28. The highest BCUT2D eigenvalue weighted by molar-refractivity contribution is 7.99. The van der Waals surface area contributed by atoms with Gasteiger partial charge in [0.15, 0.2) is 5.16 Å². The molecule has 0 radical (unpaired) electrons. The number of carbonyl (C=O) groups is 1. The lowest BCUT2D eigenvalue weighted by atomic mass is 10.2. The fraction of sp³-hybridized carbons (Fsp3) is 0.438. The molecular weight excluding hydrogens is 312 g/mol. The molecule has 0 spiro atoms. The molecule has 1 N–H and O–H groups in total. The maximum atomic E-state index is 12.0. The molecule has 1 aliphatic rings. The Kier molecular flexibility index (Phi) is 4.85. The molecule has 0 unspecified atom stereocenters. The molecule has 7 heteroatoms. The Balaban J connectivity index is 1.50. The third kappa shape index (κ3) is 4.04. The molecule has 6 nitrogen and oxygen atoms in total. The van der Waals surface area contributed by atoms with Crippen molar-refractivity contribution in [1.82, 2.24) is 20.1 Å². The van der Waals surface area contributed by atoms with Crippen LogP contribution in [0.25, 0.3) is 0 Å². The minimum absolute atomic E-state index is 0.0131. The molecule has 2 aromatic rings. The first-order chi connectivity index (χ1) is 11.2. The van der Waals surface area contributed by atoms with E-state index in [9.17, 15) is 4.79 Å². The Morgan fingerprint density at radius 1 is 1.43 bits per heavy atom. The van der Waals surface area contributed by atoms with E-state index in [1.807, 2.05) is 31.2 Å². The molecule has 23 heavy (non-hydrogen) atoms. The van der Waals surface area contributed by atoms with Crippen LogP contribution in [0.3, 0.4) is 0 Å². The number of hydrogen-bond donors (Lipinski definition) is 1. The van der Waals surface area contributed by atoms with Gasteiger partial charge in [0.25, 0.3) is 0 Å². The molecule has 0 atom stereocenters. The van der Waals surface area contributed by atoms with Gasteiger partial charge in [-0.25, -0.2) is 0 Å². The van der Waals surface area contributed by atoms with Crippen molar-refractivity contribution in [1.29, 1.82) is 0 Å². The maximum Gasteiger partial charge on any atom is 0.230 e. The van der Waals surface area contributed by atoms with Crippen LogP contribution in [0.1, 0.15) is 30.3 Å². The van der Waals surface area contributed by atoms with Gasteiger partial charge in [-0.2, -0.15) is 0 Å². The van der Waals surface area contributed by atoms with Crippen LogP contribution >= 0.6 is 11.8 Å². The summed E-state index contributed by atoms with van der Waals surface area (Å²) in [7, 11) is 1.63. The molecule has 1 saturated carbocycles. The van der Waals surface area contributed by atoms with E-state index in [-0.39, 0.29) is 5.91 Å². The van der Waals surface area contributed by atoms with Crippen molar-refractivity contribution in [3.05, 3.63) is 35.7 Å². The molecule has 1 aromatic heterocycles. The van der Waals surface area contributed by atoms with Gasteiger partial charge in [-0.1, -0.05) is 23.9 Å². The largest absolute Gasteiger partial charge is 0.497 e. The molecule has 122 valence electrons. The first-order valence-corrected chi connectivity index (χ1v) is 8.60. The standard InChI is InChI=1S/C16H20N4O2S/c1-11-18-19-16(20(11)13-6-7-13)23-10-15(21)17-9-12-4-3-5-14(8-12)22-2/h3-5,8,13H,6-7,9-10H2,1-2H3,(H,17,21). The molecule has 1 fully saturated rings. The highest BCUT2D eigenvalue weighted by Crippen LogP contribution is 2.38. The summed E-state index contributed by atoms with van der Waals surface area (Å²) in [5.74, 6) is 2.04. The average Bonchev–Trinajstić information content (AvgIpc) is 3.34. The van der Waals surface area contributed by atoms with Crippen LogP contribution in [0.15, 0.2) is 29.4 Å². The van der Waals surface area contributed by atoms with E-state index in [4.69, 9.17) is 4.74 Å². The minimum Gasteiger partial charge on any atom is -0.497 e. The lowest BCUT2D eigenvalue weighted by molar-refractivity contribution is -0.118. The number of nitrogens with zero attached hydrogens (tertiary/aromatic N) is 3. The van der Waals surface area contributed by atoms with Crippen molar-refractivity contribution in [2.24, 2.45) is 0 Å². The van der Waals surface area contributed by atoms with Gasteiger partial charge in [-0.3, -0.25) is 4.79 Å². The van der Waals surface area contributed by atoms with E-state index in [0.29, 0.717) is 18.3 Å². The number of ether oxygens (including phenoxy) is 1. The zero-order chi connectivity index (χ0) is 16.2. The molecule has 1 aromatic carbocycles. The average molecular weight is 332 g/mol. The second kappa shape index (κ2) is 7.04. The van der Waals surface area contributed by atoms with Gasteiger partial charge in [-0.05, 0) is 37.5 Å². The first kappa shape index (κ1) is 15.9. The van der Waals surface area contributed by atoms with Crippen LogP contribution in [-0.2, 0) is 11.3 Å². The van der Waals surface area contributed by atoms with Crippen molar-refractivity contribution < 1.29 is 9.53 Å². The van der Waals surface area contributed by atoms with Crippen molar-refractivity contribution >= 4 is 17.7 Å². The topological polar surface area (TPSA) is 69.0 Å². The monoisotopic (exact) mass is 332 g/mol. The normalized spacial score (nSPS) is 13.8. The fourth-order valence-corrected chi connectivity index (χ4v) is 3.25. The number of rotatable bonds is 7. The van der Waals surface area contributed by atoms with E-state index in [2.05, 4.69) is 20.1 Å². The number of methoxy groups -OCH3 is 1. The predicted molar refractivity (Wildman–Crippen MR) is 88.6 cm³/mol. The molecule has 1 heterocycles. The smallest absolute Gasteiger partial charge is 0.230 e. The number of nitrogens with one attached hydrogen (secondary N) is 1. The Bertz CT molecular complexity index is 697. The number of hydrogen-bond acceptors (Lipinski definition) is 5. The third-order valence-corrected chi connectivity index (χ3v) is 4.65. The van der Waals surface area contributed by atoms with Crippen molar-refractivity contribution in [2.45, 2.75) is 37.5 Å². The maximum absolute atomic E-state index is 12.0. The van der Waals surface area contributed by atoms with Gasteiger partial charge in [-0.15, -0.1) is 10.2 Å². The molecule has 1 amide bonds. The van der Waals surface area contributed by atoms with Gasteiger partial charge in [0.05, 0.1) is 12.9 Å². The van der Waals surface area contributed by atoms with Gasteiger partial charge in [0.1, 0.15) is 11.6 Å². The number of aromatic nitrogens is 3. The Hall–Kier alpha value is -2.02. The fourth-order valence-electron chi connectivity index (χ4n) is 2.37.